The van der Waals surface area contributed by atoms with Crippen molar-refractivity contribution < 1.29 is 14.9 Å². The second-order valence-electron chi connectivity index (χ2n) is 5.86. The maximum Gasteiger partial charge on any atom is 0.119 e. The minimum Gasteiger partial charge on any atom is -0.497 e. The van der Waals surface area contributed by atoms with Crippen molar-refractivity contribution in [3.63, 3.8) is 0 Å². The summed E-state index contributed by atoms with van der Waals surface area (Å²) >= 11 is 0. The minimum absolute atomic E-state index is 0.365. The fourth-order valence-corrected chi connectivity index (χ4v) is 1.53. The molecule has 0 bridgehead atoms. The molecule has 0 aliphatic carbocycles. The first kappa shape index (κ1) is 16.0. The third kappa shape index (κ3) is 4.20. The van der Waals surface area contributed by atoms with Crippen molar-refractivity contribution >= 4 is 0 Å². The van der Waals surface area contributed by atoms with Crippen LogP contribution in [0.4, 0.5) is 0 Å². The Hall–Kier alpha value is -1.10. The van der Waals surface area contributed by atoms with E-state index in [9.17, 15) is 10.2 Å². The van der Waals surface area contributed by atoms with Crippen LogP contribution in [-0.2, 0) is 0 Å². The molecule has 4 nitrogen and oxygen atoms in total. The highest BCUT2D eigenvalue weighted by Gasteiger charge is 2.34. The second-order valence-corrected chi connectivity index (χ2v) is 5.86. The molecule has 0 saturated heterocycles. The molecule has 0 aromatic heterocycles. The van der Waals surface area contributed by atoms with Crippen molar-refractivity contribution in [2.24, 2.45) is 0 Å². The van der Waals surface area contributed by atoms with Gasteiger partial charge in [0, 0.05) is 12.1 Å². The Morgan fingerprint density at radius 2 is 1.89 bits per heavy atom. The zero-order valence-corrected chi connectivity index (χ0v) is 12.4. The molecule has 0 heterocycles. The van der Waals surface area contributed by atoms with Crippen molar-refractivity contribution in [2.45, 2.75) is 44.9 Å². The third-order valence-electron chi connectivity index (χ3n) is 3.75. The summed E-state index contributed by atoms with van der Waals surface area (Å²) in [6.45, 7) is 7.68. The lowest BCUT2D eigenvalue weighted by Gasteiger charge is -2.38. The minimum atomic E-state index is -0.874. The summed E-state index contributed by atoms with van der Waals surface area (Å²) in [5.41, 5.74) is -0.577. The summed E-state index contributed by atoms with van der Waals surface area (Å²) in [5, 5.41) is 23.4. The summed E-state index contributed by atoms with van der Waals surface area (Å²) in [7, 11) is 1.60. The largest absolute Gasteiger partial charge is 0.497 e. The van der Waals surface area contributed by atoms with E-state index < -0.39 is 17.2 Å². The number of ether oxygens (including phenoxy) is 1. The van der Waals surface area contributed by atoms with Gasteiger partial charge in [-0.3, -0.25) is 0 Å². The summed E-state index contributed by atoms with van der Waals surface area (Å²) < 4.78 is 5.13. The van der Waals surface area contributed by atoms with Gasteiger partial charge in [0.25, 0.3) is 0 Å². The molecule has 0 aliphatic heterocycles. The van der Waals surface area contributed by atoms with Crippen molar-refractivity contribution in [2.75, 3.05) is 13.7 Å². The average Bonchev–Trinajstić information content (AvgIpc) is 2.34. The van der Waals surface area contributed by atoms with Gasteiger partial charge in [-0.15, -0.1) is 0 Å². The van der Waals surface area contributed by atoms with Gasteiger partial charge in [-0.25, -0.2) is 0 Å². The number of rotatable bonds is 6. The van der Waals surface area contributed by atoms with E-state index in [2.05, 4.69) is 5.32 Å². The maximum absolute atomic E-state index is 10.2. The van der Waals surface area contributed by atoms with Gasteiger partial charge in [0.05, 0.1) is 18.8 Å². The fraction of sp³-hybridized carbons (Fsp3) is 0.600. The van der Waals surface area contributed by atoms with Gasteiger partial charge in [-0.05, 0) is 45.4 Å². The van der Waals surface area contributed by atoms with E-state index in [4.69, 9.17) is 4.74 Å². The summed E-state index contributed by atoms with van der Waals surface area (Å²) in [6.07, 6.45) is -0.642. The van der Waals surface area contributed by atoms with Crippen LogP contribution in [0.1, 0.15) is 39.4 Å². The lowest BCUT2D eigenvalue weighted by atomic mass is 9.86. The molecule has 1 rings (SSSR count). The number of β-amino-alcohol motifs (C(OH)–C–C–N with tert-alkyl or cyclic N) is 1. The first-order valence-electron chi connectivity index (χ1n) is 6.47. The summed E-state index contributed by atoms with van der Waals surface area (Å²) in [4.78, 5) is 0. The Balaban J connectivity index is 2.67. The van der Waals surface area contributed by atoms with Crippen molar-refractivity contribution in [3.8, 4) is 5.75 Å². The lowest BCUT2D eigenvalue weighted by molar-refractivity contribution is -0.00979. The van der Waals surface area contributed by atoms with E-state index in [-0.39, 0.29) is 0 Å². The Kier molecular flexibility index (Phi) is 4.96. The van der Waals surface area contributed by atoms with Crippen LogP contribution in [0.2, 0.25) is 0 Å². The van der Waals surface area contributed by atoms with E-state index in [1.807, 2.05) is 38.1 Å². The predicted octanol–water partition coefficient (Wildman–Crippen LogP) is 1.87. The maximum atomic E-state index is 10.2. The van der Waals surface area contributed by atoms with Gasteiger partial charge >= 0.3 is 0 Å². The summed E-state index contributed by atoms with van der Waals surface area (Å²) in [6, 6.07) is 7.35. The number of nitrogens with one attached hydrogen (secondary N) is 1. The zero-order chi connectivity index (χ0) is 14.7. The smallest absolute Gasteiger partial charge is 0.119 e. The Labute approximate surface area is 115 Å². The molecule has 1 aromatic rings. The number of benzene rings is 1. The lowest BCUT2D eigenvalue weighted by Crippen LogP contribution is -2.56. The van der Waals surface area contributed by atoms with Crippen LogP contribution in [0.15, 0.2) is 24.3 Å². The molecule has 0 amide bonds. The normalized spacial score (nSPS) is 14.3. The van der Waals surface area contributed by atoms with Crippen LogP contribution < -0.4 is 10.1 Å². The SMILES string of the molecule is COc1cccc(C(O)CNC(C)(C)C(C)(C)O)c1. The Morgan fingerprint density at radius 3 is 2.42 bits per heavy atom. The van der Waals surface area contributed by atoms with Crippen LogP contribution in [-0.4, -0.2) is 35.0 Å². The van der Waals surface area contributed by atoms with E-state index in [1.54, 1.807) is 21.0 Å². The van der Waals surface area contributed by atoms with E-state index >= 15 is 0 Å². The second kappa shape index (κ2) is 5.90. The number of methoxy groups -OCH3 is 1. The van der Waals surface area contributed by atoms with Gasteiger partial charge < -0.3 is 20.3 Å². The molecule has 3 N–H and O–H groups in total. The van der Waals surface area contributed by atoms with Gasteiger partial charge in [0.2, 0.25) is 0 Å². The molecule has 19 heavy (non-hydrogen) atoms. The average molecular weight is 267 g/mol. The first-order valence-corrected chi connectivity index (χ1v) is 6.47. The molecule has 4 heteroatoms. The van der Waals surface area contributed by atoms with Crippen LogP contribution in [0.3, 0.4) is 0 Å². The van der Waals surface area contributed by atoms with Crippen molar-refractivity contribution in [3.05, 3.63) is 29.8 Å². The number of hydrogen-bond donors (Lipinski definition) is 3. The summed E-state index contributed by atoms with van der Waals surface area (Å²) in [5.74, 6) is 0.721. The number of aliphatic hydroxyl groups excluding tert-OH is 1. The first-order chi connectivity index (χ1) is 8.67. The van der Waals surface area contributed by atoms with E-state index in [1.165, 1.54) is 0 Å². The molecule has 0 saturated carbocycles. The van der Waals surface area contributed by atoms with Crippen molar-refractivity contribution in [1.82, 2.24) is 5.32 Å². The van der Waals surface area contributed by atoms with Crippen LogP contribution in [0.25, 0.3) is 0 Å². The topological polar surface area (TPSA) is 61.7 Å². The molecule has 0 spiro atoms. The molecule has 1 aromatic carbocycles. The zero-order valence-electron chi connectivity index (χ0n) is 12.4. The molecular weight excluding hydrogens is 242 g/mol. The predicted molar refractivity (Wildman–Crippen MR) is 76.3 cm³/mol. The van der Waals surface area contributed by atoms with Crippen LogP contribution in [0.5, 0.6) is 5.75 Å². The fourth-order valence-electron chi connectivity index (χ4n) is 1.53. The van der Waals surface area contributed by atoms with Gasteiger partial charge in [-0.2, -0.15) is 0 Å². The highest BCUT2D eigenvalue weighted by atomic mass is 16.5. The highest BCUT2D eigenvalue weighted by Crippen LogP contribution is 2.23. The van der Waals surface area contributed by atoms with Gasteiger partial charge in [-0.1, -0.05) is 12.1 Å². The molecule has 0 aliphatic rings. The molecular formula is C15H25NO3. The van der Waals surface area contributed by atoms with Crippen LogP contribution >= 0.6 is 0 Å². The van der Waals surface area contributed by atoms with E-state index in [0.717, 1.165) is 11.3 Å². The molecule has 108 valence electrons. The van der Waals surface area contributed by atoms with Crippen molar-refractivity contribution in [1.29, 1.82) is 0 Å². The Morgan fingerprint density at radius 1 is 1.26 bits per heavy atom. The number of aliphatic hydroxyl groups is 2. The highest BCUT2D eigenvalue weighted by molar-refractivity contribution is 5.30. The quantitative estimate of drug-likeness (QED) is 0.736. The molecule has 1 unspecified atom stereocenters. The molecule has 0 radical (unpaired) electrons. The number of hydrogen-bond acceptors (Lipinski definition) is 4. The van der Waals surface area contributed by atoms with Gasteiger partial charge in [0.15, 0.2) is 0 Å². The van der Waals surface area contributed by atoms with Gasteiger partial charge in [0.1, 0.15) is 5.75 Å². The standard InChI is InChI=1S/C15H25NO3/c1-14(2,15(3,4)18)16-10-13(17)11-7-6-8-12(9-11)19-5/h6-9,13,16-18H,10H2,1-5H3. The third-order valence-corrected chi connectivity index (χ3v) is 3.75. The van der Waals surface area contributed by atoms with Crippen LogP contribution in [0, 0.1) is 0 Å². The molecule has 1 atom stereocenters. The Bertz CT molecular complexity index is 410. The van der Waals surface area contributed by atoms with E-state index in [0.29, 0.717) is 6.54 Å². The monoisotopic (exact) mass is 267 g/mol. The molecule has 0 fully saturated rings.